The summed E-state index contributed by atoms with van der Waals surface area (Å²) in [6.45, 7) is 0.259. The van der Waals surface area contributed by atoms with Crippen molar-refractivity contribution in [3.63, 3.8) is 0 Å². The Morgan fingerprint density at radius 3 is 2.12 bits per heavy atom. The molecule has 0 saturated carbocycles. The molecule has 0 bridgehead atoms. The molecule has 170 valence electrons. The maximum Gasteiger partial charge on any atom is 0.163 e. The average molecular weight is 448 g/mol. The first-order valence-corrected chi connectivity index (χ1v) is 11.3. The lowest BCUT2D eigenvalue weighted by Crippen LogP contribution is -2.30. The van der Waals surface area contributed by atoms with E-state index in [0.717, 1.165) is 24.0 Å². The highest BCUT2D eigenvalue weighted by molar-refractivity contribution is 6.05. The highest BCUT2D eigenvalue weighted by Gasteiger charge is 2.41. The molecule has 1 aliphatic heterocycles. The molecule has 0 amide bonds. The van der Waals surface area contributed by atoms with Gasteiger partial charge < -0.3 is 14.2 Å². The van der Waals surface area contributed by atoms with Gasteiger partial charge >= 0.3 is 0 Å². The Labute approximate surface area is 191 Å². The Morgan fingerprint density at radius 1 is 0.879 bits per heavy atom. The minimum atomic E-state index is -0.440. The van der Waals surface area contributed by atoms with Gasteiger partial charge in [0.2, 0.25) is 0 Å². The predicted octanol–water partition coefficient (Wildman–Crippen LogP) is 5.54. The zero-order chi connectivity index (χ0) is 22.9. The number of ketones is 2. The topological polar surface area (TPSA) is 61.8 Å². The van der Waals surface area contributed by atoms with E-state index in [0.29, 0.717) is 59.8 Å². The predicted molar refractivity (Wildman–Crippen MR) is 119 cm³/mol. The van der Waals surface area contributed by atoms with Gasteiger partial charge in [-0.25, -0.2) is 4.39 Å². The van der Waals surface area contributed by atoms with E-state index in [-0.39, 0.29) is 24.0 Å². The van der Waals surface area contributed by atoms with Crippen LogP contribution in [0.1, 0.15) is 55.6 Å². The Bertz CT molecular complexity index is 1130. The van der Waals surface area contributed by atoms with Crippen LogP contribution in [0.2, 0.25) is 0 Å². The number of benzene rings is 2. The molecule has 0 aromatic heterocycles. The van der Waals surface area contributed by atoms with Crippen molar-refractivity contribution in [2.75, 3.05) is 7.11 Å². The van der Waals surface area contributed by atoms with Crippen LogP contribution in [0.5, 0.6) is 11.5 Å². The normalized spacial score (nSPS) is 18.6. The summed E-state index contributed by atoms with van der Waals surface area (Å²) in [5.74, 6) is 1.81. The van der Waals surface area contributed by atoms with E-state index in [9.17, 15) is 14.0 Å². The molecule has 0 spiro atoms. The van der Waals surface area contributed by atoms with Crippen LogP contribution < -0.4 is 9.47 Å². The lowest BCUT2D eigenvalue weighted by atomic mass is 9.73. The van der Waals surface area contributed by atoms with Gasteiger partial charge in [0.15, 0.2) is 23.1 Å². The zero-order valence-corrected chi connectivity index (χ0v) is 18.5. The molecular formula is C27H25FO5. The summed E-state index contributed by atoms with van der Waals surface area (Å²) in [6.07, 6.45) is 3.87. The van der Waals surface area contributed by atoms with Gasteiger partial charge in [-0.1, -0.05) is 18.2 Å². The van der Waals surface area contributed by atoms with Crippen molar-refractivity contribution in [1.82, 2.24) is 0 Å². The van der Waals surface area contributed by atoms with E-state index in [1.54, 1.807) is 25.3 Å². The van der Waals surface area contributed by atoms with Crippen molar-refractivity contribution in [3.05, 3.63) is 82.1 Å². The minimum Gasteiger partial charge on any atom is -0.493 e. The zero-order valence-electron chi connectivity index (χ0n) is 18.5. The fourth-order valence-corrected chi connectivity index (χ4v) is 4.88. The molecule has 2 aliphatic carbocycles. The number of hydrogen-bond acceptors (Lipinski definition) is 5. The van der Waals surface area contributed by atoms with Crippen LogP contribution in [0.15, 0.2) is 65.1 Å². The van der Waals surface area contributed by atoms with Crippen molar-refractivity contribution in [2.45, 2.75) is 51.0 Å². The van der Waals surface area contributed by atoms with Gasteiger partial charge in [-0.05, 0) is 48.2 Å². The van der Waals surface area contributed by atoms with Gasteiger partial charge in [-0.2, -0.15) is 0 Å². The molecule has 0 N–H and O–H groups in total. The second-order valence-electron chi connectivity index (χ2n) is 8.59. The molecule has 2 aromatic carbocycles. The largest absolute Gasteiger partial charge is 0.493 e. The monoisotopic (exact) mass is 448 g/mol. The molecule has 0 saturated heterocycles. The molecule has 33 heavy (non-hydrogen) atoms. The van der Waals surface area contributed by atoms with Gasteiger partial charge in [-0.15, -0.1) is 0 Å². The second-order valence-corrected chi connectivity index (χ2v) is 8.59. The third-order valence-electron chi connectivity index (χ3n) is 6.47. The van der Waals surface area contributed by atoms with Gasteiger partial charge in [0, 0.05) is 42.7 Å². The number of carbonyl (C=O) groups excluding carboxylic acids is 2. The third-order valence-corrected chi connectivity index (χ3v) is 6.47. The summed E-state index contributed by atoms with van der Waals surface area (Å²) in [4.78, 5) is 25.9. The molecule has 6 heteroatoms. The van der Waals surface area contributed by atoms with E-state index in [1.807, 2.05) is 12.1 Å². The maximum atomic E-state index is 13.2. The quantitative estimate of drug-likeness (QED) is 0.601. The van der Waals surface area contributed by atoms with Crippen LogP contribution in [0.3, 0.4) is 0 Å². The SMILES string of the molecule is COc1cc(C2C3=C(CCCC3=O)OC3=C2C(=O)CCC3)ccc1OCc1ccc(F)cc1. The Hall–Kier alpha value is -3.41. The number of hydrogen-bond donors (Lipinski definition) is 0. The van der Waals surface area contributed by atoms with E-state index in [1.165, 1.54) is 12.1 Å². The molecular weight excluding hydrogens is 423 g/mol. The van der Waals surface area contributed by atoms with E-state index in [2.05, 4.69) is 0 Å². The first-order valence-electron chi connectivity index (χ1n) is 11.3. The Balaban J connectivity index is 1.50. The van der Waals surface area contributed by atoms with Crippen LogP contribution in [0.25, 0.3) is 0 Å². The number of methoxy groups -OCH3 is 1. The van der Waals surface area contributed by atoms with Crippen LogP contribution in [0, 0.1) is 5.82 Å². The summed E-state index contributed by atoms with van der Waals surface area (Å²) >= 11 is 0. The van der Waals surface area contributed by atoms with Crippen molar-refractivity contribution in [2.24, 2.45) is 0 Å². The fourth-order valence-electron chi connectivity index (χ4n) is 4.88. The number of allylic oxidation sites excluding steroid dienone is 4. The highest BCUT2D eigenvalue weighted by Crippen LogP contribution is 2.48. The van der Waals surface area contributed by atoms with Crippen LogP contribution in [-0.4, -0.2) is 18.7 Å². The van der Waals surface area contributed by atoms with Crippen LogP contribution in [0.4, 0.5) is 4.39 Å². The van der Waals surface area contributed by atoms with E-state index < -0.39 is 5.92 Å². The molecule has 0 unspecified atom stereocenters. The summed E-state index contributed by atoms with van der Waals surface area (Å²) in [7, 11) is 1.56. The lowest BCUT2D eigenvalue weighted by Gasteiger charge is -2.36. The first kappa shape index (κ1) is 21.4. The molecule has 5 rings (SSSR count). The van der Waals surface area contributed by atoms with Gasteiger partial charge in [0.1, 0.15) is 23.9 Å². The van der Waals surface area contributed by atoms with Crippen molar-refractivity contribution in [1.29, 1.82) is 0 Å². The lowest BCUT2D eigenvalue weighted by molar-refractivity contribution is -0.117. The first-order chi connectivity index (χ1) is 16.0. The van der Waals surface area contributed by atoms with Crippen molar-refractivity contribution in [3.8, 4) is 11.5 Å². The fraction of sp³-hybridized carbons (Fsp3) is 0.333. The smallest absolute Gasteiger partial charge is 0.163 e. The van der Waals surface area contributed by atoms with E-state index >= 15 is 0 Å². The van der Waals surface area contributed by atoms with Gasteiger partial charge in [0.05, 0.1) is 7.11 Å². The Morgan fingerprint density at radius 2 is 1.52 bits per heavy atom. The van der Waals surface area contributed by atoms with Crippen LogP contribution >= 0.6 is 0 Å². The van der Waals surface area contributed by atoms with E-state index in [4.69, 9.17) is 14.2 Å². The van der Waals surface area contributed by atoms with Crippen LogP contribution in [-0.2, 0) is 20.9 Å². The minimum absolute atomic E-state index is 0.0433. The highest BCUT2D eigenvalue weighted by atomic mass is 19.1. The second kappa shape index (κ2) is 8.85. The molecule has 3 aliphatic rings. The van der Waals surface area contributed by atoms with Gasteiger partial charge in [0.25, 0.3) is 0 Å². The van der Waals surface area contributed by atoms with Crippen molar-refractivity contribution < 1.29 is 28.2 Å². The molecule has 5 nitrogen and oxygen atoms in total. The molecule has 2 aromatic rings. The molecule has 0 fully saturated rings. The summed E-state index contributed by atoms with van der Waals surface area (Å²) in [6, 6.07) is 11.7. The van der Waals surface area contributed by atoms with Crippen molar-refractivity contribution >= 4 is 11.6 Å². The number of rotatable bonds is 5. The number of ether oxygens (including phenoxy) is 3. The molecule has 0 radical (unpaired) electrons. The van der Waals surface area contributed by atoms with Gasteiger partial charge in [-0.3, -0.25) is 9.59 Å². The summed E-state index contributed by atoms with van der Waals surface area (Å²) < 4.78 is 30.8. The average Bonchev–Trinajstić information content (AvgIpc) is 2.83. The Kier molecular flexibility index (Phi) is 5.75. The molecule has 1 heterocycles. The number of Topliss-reactive ketones (excluding diaryl/α,β-unsaturated/α-hetero) is 2. The molecule has 0 atom stereocenters. The summed E-state index contributed by atoms with van der Waals surface area (Å²) in [5.41, 5.74) is 2.86. The third kappa shape index (κ3) is 4.06. The maximum absolute atomic E-state index is 13.2. The number of halogens is 1. The summed E-state index contributed by atoms with van der Waals surface area (Å²) in [5, 5.41) is 0. The number of carbonyl (C=O) groups is 2. The standard InChI is InChI=1S/C27H25FO5/c1-31-24-14-17(10-13-21(24)32-15-16-8-11-18(28)12-9-16)25-26-19(29)4-2-6-22(26)33-23-7-3-5-20(30)27(23)25/h8-14,25H,2-7,15H2,1H3.